The highest BCUT2D eigenvalue weighted by molar-refractivity contribution is 9.10. The van der Waals surface area contributed by atoms with Crippen LogP contribution in [0.5, 0.6) is 5.75 Å². The number of carbonyl (C=O) groups excluding carboxylic acids is 1. The van der Waals surface area contributed by atoms with Gasteiger partial charge in [0.25, 0.3) is 0 Å². The van der Waals surface area contributed by atoms with Gasteiger partial charge in [0.05, 0.1) is 17.1 Å². The average molecular weight is 431 g/mol. The Morgan fingerprint density at radius 3 is 2.62 bits per heavy atom. The quantitative estimate of drug-likeness (QED) is 0.539. The second-order valence-corrected chi connectivity index (χ2v) is 7.15. The molecule has 1 heterocycles. The fourth-order valence-corrected chi connectivity index (χ4v) is 3.74. The molecule has 0 amide bonds. The maximum atomic E-state index is 13.1. The number of ketones is 1. The summed E-state index contributed by atoms with van der Waals surface area (Å²) in [5.74, 6) is 0.741. The Labute approximate surface area is 166 Å². The molecule has 0 saturated carbocycles. The first-order valence-electron chi connectivity index (χ1n) is 8.31. The first-order chi connectivity index (χ1) is 12.5. The van der Waals surface area contributed by atoms with E-state index in [1.807, 2.05) is 62.4 Å². The Balaban J connectivity index is 2.03. The van der Waals surface area contributed by atoms with Gasteiger partial charge in [0, 0.05) is 16.8 Å². The van der Waals surface area contributed by atoms with Crippen LogP contribution in [0.2, 0.25) is 0 Å². The van der Waals surface area contributed by atoms with Crippen LogP contribution in [-0.4, -0.2) is 17.5 Å². The van der Waals surface area contributed by atoms with Gasteiger partial charge in [-0.15, -0.1) is 0 Å². The first kappa shape index (κ1) is 18.6. The van der Waals surface area contributed by atoms with Crippen LogP contribution >= 0.6 is 28.1 Å². The van der Waals surface area contributed by atoms with E-state index >= 15 is 0 Å². The van der Waals surface area contributed by atoms with Gasteiger partial charge in [-0.1, -0.05) is 36.4 Å². The van der Waals surface area contributed by atoms with Crippen molar-refractivity contribution in [3.05, 3.63) is 75.4 Å². The molecule has 1 aliphatic heterocycles. The van der Waals surface area contributed by atoms with Gasteiger partial charge in [-0.25, -0.2) is 0 Å². The Kier molecular flexibility index (Phi) is 5.74. The van der Waals surface area contributed by atoms with E-state index in [-0.39, 0.29) is 11.8 Å². The SMILES string of the molecule is CCOc1ccc(C2NC(=S)NC(C)=C2C(=O)c2ccccc2)cc1Br. The number of carbonyl (C=O) groups is 1. The molecule has 0 aromatic heterocycles. The number of thiocarbonyl (C=S) groups is 1. The predicted octanol–water partition coefficient (Wildman–Crippen LogP) is 4.52. The summed E-state index contributed by atoms with van der Waals surface area (Å²) >= 11 is 8.86. The fraction of sp³-hybridized carbons (Fsp3) is 0.200. The zero-order valence-corrected chi connectivity index (χ0v) is 16.9. The lowest BCUT2D eigenvalue weighted by molar-refractivity contribution is 0.102. The van der Waals surface area contributed by atoms with Crippen LogP contribution in [0.25, 0.3) is 0 Å². The number of Topliss-reactive ketones (excluding diaryl/α,β-unsaturated/α-hetero) is 1. The Morgan fingerprint density at radius 1 is 1.23 bits per heavy atom. The van der Waals surface area contributed by atoms with Crippen molar-refractivity contribution in [3.8, 4) is 5.75 Å². The van der Waals surface area contributed by atoms with E-state index in [1.54, 1.807) is 0 Å². The molecule has 0 saturated heterocycles. The zero-order chi connectivity index (χ0) is 18.7. The van der Waals surface area contributed by atoms with Gasteiger partial charge >= 0.3 is 0 Å². The second-order valence-electron chi connectivity index (χ2n) is 5.89. The zero-order valence-electron chi connectivity index (χ0n) is 14.5. The average Bonchev–Trinajstić information content (AvgIpc) is 2.63. The van der Waals surface area contributed by atoms with Crippen molar-refractivity contribution >= 4 is 39.0 Å². The predicted molar refractivity (Wildman–Crippen MR) is 110 cm³/mol. The van der Waals surface area contributed by atoms with Gasteiger partial charge in [0.1, 0.15) is 5.75 Å². The monoisotopic (exact) mass is 430 g/mol. The number of ether oxygens (including phenoxy) is 1. The largest absolute Gasteiger partial charge is 0.493 e. The number of nitrogens with one attached hydrogen (secondary N) is 2. The van der Waals surface area contributed by atoms with Crippen molar-refractivity contribution < 1.29 is 9.53 Å². The van der Waals surface area contributed by atoms with Gasteiger partial charge in [0.2, 0.25) is 0 Å². The van der Waals surface area contributed by atoms with Crippen molar-refractivity contribution in [3.63, 3.8) is 0 Å². The number of rotatable bonds is 5. The third-order valence-corrected chi connectivity index (χ3v) is 4.98. The summed E-state index contributed by atoms with van der Waals surface area (Å²) in [7, 11) is 0. The van der Waals surface area contributed by atoms with E-state index in [0.29, 0.717) is 22.9 Å². The molecule has 0 fully saturated rings. The molecule has 3 rings (SSSR count). The molecule has 2 N–H and O–H groups in total. The molecule has 0 radical (unpaired) electrons. The van der Waals surface area contributed by atoms with Crippen LogP contribution in [0.15, 0.2) is 64.3 Å². The van der Waals surface area contributed by atoms with Crippen LogP contribution in [-0.2, 0) is 0 Å². The molecule has 0 aliphatic carbocycles. The van der Waals surface area contributed by atoms with Crippen molar-refractivity contribution in [2.24, 2.45) is 0 Å². The Morgan fingerprint density at radius 2 is 1.96 bits per heavy atom. The molecular weight excluding hydrogens is 412 g/mol. The lowest BCUT2D eigenvalue weighted by Crippen LogP contribution is -2.44. The summed E-state index contributed by atoms with van der Waals surface area (Å²) in [6, 6.07) is 14.7. The third kappa shape index (κ3) is 3.81. The van der Waals surface area contributed by atoms with Gasteiger partial charge in [-0.3, -0.25) is 4.79 Å². The summed E-state index contributed by atoms with van der Waals surface area (Å²) in [6.45, 7) is 4.40. The van der Waals surface area contributed by atoms with E-state index in [1.165, 1.54) is 0 Å². The topological polar surface area (TPSA) is 50.4 Å². The van der Waals surface area contributed by atoms with Crippen molar-refractivity contribution in [1.29, 1.82) is 0 Å². The van der Waals surface area contributed by atoms with Crippen LogP contribution < -0.4 is 15.4 Å². The first-order valence-corrected chi connectivity index (χ1v) is 9.51. The molecule has 134 valence electrons. The fourth-order valence-electron chi connectivity index (χ4n) is 2.96. The maximum absolute atomic E-state index is 13.1. The van der Waals surface area contributed by atoms with Crippen molar-refractivity contribution in [1.82, 2.24) is 10.6 Å². The molecule has 6 heteroatoms. The van der Waals surface area contributed by atoms with Crippen LogP contribution in [0.3, 0.4) is 0 Å². The molecule has 26 heavy (non-hydrogen) atoms. The van der Waals surface area contributed by atoms with Crippen molar-refractivity contribution in [2.45, 2.75) is 19.9 Å². The molecule has 2 aromatic rings. The van der Waals surface area contributed by atoms with E-state index in [9.17, 15) is 4.79 Å². The van der Waals surface area contributed by atoms with Crippen LogP contribution in [0, 0.1) is 0 Å². The summed E-state index contributed by atoms with van der Waals surface area (Å²) in [4.78, 5) is 13.1. The molecule has 1 atom stereocenters. The minimum atomic E-state index is -0.330. The molecular formula is C20H19BrN2O2S. The van der Waals surface area contributed by atoms with Gasteiger partial charge in [-0.2, -0.15) is 0 Å². The van der Waals surface area contributed by atoms with E-state index in [2.05, 4.69) is 26.6 Å². The van der Waals surface area contributed by atoms with Gasteiger partial charge < -0.3 is 15.4 Å². The van der Waals surface area contributed by atoms with Crippen molar-refractivity contribution in [2.75, 3.05) is 6.61 Å². The summed E-state index contributed by atoms with van der Waals surface area (Å²) in [6.07, 6.45) is 0. The Bertz CT molecular complexity index is 881. The van der Waals surface area contributed by atoms with Gasteiger partial charge in [0.15, 0.2) is 10.9 Å². The molecule has 1 aliphatic rings. The number of benzene rings is 2. The molecule has 1 unspecified atom stereocenters. The number of hydrogen-bond donors (Lipinski definition) is 2. The lowest BCUT2D eigenvalue weighted by atomic mass is 9.89. The van der Waals surface area contributed by atoms with Crippen LogP contribution in [0.1, 0.15) is 35.8 Å². The summed E-state index contributed by atoms with van der Waals surface area (Å²) in [5.41, 5.74) is 2.99. The van der Waals surface area contributed by atoms with E-state index in [4.69, 9.17) is 17.0 Å². The standard InChI is InChI=1S/C20H19BrN2O2S/c1-3-25-16-10-9-14(11-15(16)21)18-17(12(2)22-20(26)23-18)19(24)13-7-5-4-6-8-13/h4-11,18H,3H2,1-2H3,(H2,22,23,26). The normalized spacial score (nSPS) is 16.7. The van der Waals surface area contributed by atoms with E-state index in [0.717, 1.165) is 21.5 Å². The number of allylic oxidation sites excluding steroid dienone is 1. The lowest BCUT2D eigenvalue weighted by Gasteiger charge is -2.30. The summed E-state index contributed by atoms with van der Waals surface area (Å²) < 4.78 is 6.42. The third-order valence-electron chi connectivity index (χ3n) is 4.14. The number of hydrogen-bond acceptors (Lipinski definition) is 3. The number of halogens is 1. The molecule has 4 nitrogen and oxygen atoms in total. The highest BCUT2D eigenvalue weighted by Crippen LogP contribution is 2.34. The highest BCUT2D eigenvalue weighted by Gasteiger charge is 2.30. The molecule has 0 bridgehead atoms. The molecule has 2 aromatic carbocycles. The second kappa shape index (κ2) is 8.01. The van der Waals surface area contributed by atoms with Gasteiger partial charge in [-0.05, 0) is 59.7 Å². The van der Waals surface area contributed by atoms with Crippen LogP contribution in [0.4, 0.5) is 0 Å². The Hall–Kier alpha value is -2.18. The molecule has 0 spiro atoms. The minimum Gasteiger partial charge on any atom is -0.493 e. The maximum Gasteiger partial charge on any atom is 0.193 e. The minimum absolute atomic E-state index is 0.0272. The summed E-state index contributed by atoms with van der Waals surface area (Å²) in [5, 5.41) is 6.79. The smallest absolute Gasteiger partial charge is 0.193 e. The van der Waals surface area contributed by atoms with E-state index < -0.39 is 0 Å². The highest BCUT2D eigenvalue weighted by atomic mass is 79.9.